The third-order valence-corrected chi connectivity index (χ3v) is 3.28. The van der Waals surface area contributed by atoms with E-state index in [4.69, 9.17) is 4.74 Å². The van der Waals surface area contributed by atoms with Crippen LogP contribution in [0.5, 0.6) is 0 Å². The molecule has 2 nitrogen and oxygen atoms in total. The fourth-order valence-corrected chi connectivity index (χ4v) is 2.52. The highest BCUT2D eigenvalue weighted by molar-refractivity contribution is 5.27. The van der Waals surface area contributed by atoms with Crippen molar-refractivity contribution in [3.05, 3.63) is 35.4 Å². The van der Waals surface area contributed by atoms with Crippen molar-refractivity contribution in [2.45, 2.75) is 53.2 Å². The van der Waals surface area contributed by atoms with Crippen molar-refractivity contribution in [1.29, 1.82) is 0 Å². The van der Waals surface area contributed by atoms with Gasteiger partial charge in [-0.2, -0.15) is 0 Å². The SMILES string of the molecule is CCNC(c1cccc(CC(C)C)c1)C(C)OCC. The summed E-state index contributed by atoms with van der Waals surface area (Å²) in [4.78, 5) is 0. The number of hydrogen-bond acceptors (Lipinski definition) is 2. The molecule has 0 saturated heterocycles. The van der Waals surface area contributed by atoms with Gasteiger partial charge < -0.3 is 10.1 Å². The maximum Gasteiger partial charge on any atom is 0.0741 e. The molecule has 2 atom stereocenters. The minimum Gasteiger partial charge on any atom is -0.377 e. The molecular formula is C17H29NO. The average molecular weight is 263 g/mol. The zero-order valence-corrected chi connectivity index (χ0v) is 13.1. The quantitative estimate of drug-likeness (QED) is 0.766. The lowest BCUT2D eigenvalue weighted by molar-refractivity contribution is 0.0476. The molecule has 0 heterocycles. The Morgan fingerprint density at radius 3 is 2.47 bits per heavy atom. The topological polar surface area (TPSA) is 21.3 Å². The predicted octanol–water partition coefficient (Wildman–Crippen LogP) is 3.96. The number of likely N-dealkylation sites (N-methyl/N-ethyl adjacent to an activating group) is 1. The Morgan fingerprint density at radius 1 is 1.16 bits per heavy atom. The van der Waals surface area contributed by atoms with Crippen molar-refractivity contribution in [2.75, 3.05) is 13.2 Å². The molecule has 1 aromatic rings. The molecule has 2 unspecified atom stereocenters. The smallest absolute Gasteiger partial charge is 0.0741 e. The fraction of sp³-hybridized carbons (Fsp3) is 0.647. The minimum absolute atomic E-state index is 0.194. The van der Waals surface area contributed by atoms with E-state index in [1.807, 2.05) is 0 Å². The van der Waals surface area contributed by atoms with Crippen LogP contribution in [-0.2, 0) is 11.2 Å². The Labute approximate surface area is 118 Å². The van der Waals surface area contributed by atoms with Crippen LogP contribution in [-0.4, -0.2) is 19.3 Å². The first-order valence-corrected chi connectivity index (χ1v) is 7.52. The van der Waals surface area contributed by atoms with Crippen molar-refractivity contribution in [3.63, 3.8) is 0 Å². The Morgan fingerprint density at radius 2 is 1.89 bits per heavy atom. The van der Waals surface area contributed by atoms with Crippen LogP contribution in [0.1, 0.15) is 51.8 Å². The van der Waals surface area contributed by atoms with Gasteiger partial charge in [0.25, 0.3) is 0 Å². The van der Waals surface area contributed by atoms with Gasteiger partial charge in [0.15, 0.2) is 0 Å². The van der Waals surface area contributed by atoms with Crippen LogP contribution in [0.3, 0.4) is 0 Å². The van der Waals surface area contributed by atoms with E-state index in [0.717, 1.165) is 19.6 Å². The number of benzene rings is 1. The monoisotopic (exact) mass is 263 g/mol. The molecule has 0 saturated carbocycles. The van der Waals surface area contributed by atoms with Crippen LogP contribution in [0.15, 0.2) is 24.3 Å². The highest BCUT2D eigenvalue weighted by Gasteiger charge is 2.18. The van der Waals surface area contributed by atoms with E-state index >= 15 is 0 Å². The zero-order valence-electron chi connectivity index (χ0n) is 13.1. The highest BCUT2D eigenvalue weighted by atomic mass is 16.5. The first kappa shape index (κ1) is 16.2. The van der Waals surface area contributed by atoms with Crippen molar-refractivity contribution >= 4 is 0 Å². The largest absolute Gasteiger partial charge is 0.377 e. The van der Waals surface area contributed by atoms with E-state index in [0.29, 0.717) is 5.92 Å². The van der Waals surface area contributed by atoms with Crippen molar-refractivity contribution in [3.8, 4) is 0 Å². The number of nitrogens with one attached hydrogen (secondary N) is 1. The summed E-state index contributed by atoms with van der Waals surface area (Å²) in [5.74, 6) is 0.692. The molecule has 108 valence electrons. The molecule has 1 aromatic carbocycles. The van der Waals surface area contributed by atoms with Crippen LogP contribution in [0.2, 0.25) is 0 Å². The molecule has 0 radical (unpaired) electrons. The van der Waals surface area contributed by atoms with Crippen LogP contribution in [0.25, 0.3) is 0 Å². The lowest BCUT2D eigenvalue weighted by Gasteiger charge is -2.25. The van der Waals surface area contributed by atoms with Gasteiger partial charge >= 0.3 is 0 Å². The van der Waals surface area contributed by atoms with E-state index in [1.54, 1.807) is 0 Å². The zero-order chi connectivity index (χ0) is 14.3. The van der Waals surface area contributed by atoms with E-state index in [9.17, 15) is 0 Å². The fourth-order valence-electron chi connectivity index (χ4n) is 2.52. The first-order valence-electron chi connectivity index (χ1n) is 7.52. The van der Waals surface area contributed by atoms with Gasteiger partial charge in [0, 0.05) is 6.61 Å². The molecule has 0 amide bonds. The summed E-state index contributed by atoms with van der Waals surface area (Å²) in [5, 5.41) is 3.54. The van der Waals surface area contributed by atoms with Crippen molar-refractivity contribution in [2.24, 2.45) is 5.92 Å². The van der Waals surface area contributed by atoms with Crippen LogP contribution >= 0.6 is 0 Å². The van der Waals surface area contributed by atoms with Crippen LogP contribution < -0.4 is 5.32 Å². The van der Waals surface area contributed by atoms with Gasteiger partial charge in [-0.15, -0.1) is 0 Å². The molecule has 1 N–H and O–H groups in total. The Kier molecular flexibility index (Phi) is 7.11. The van der Waals surface area contributed by atoms with E-state index in [1.165, 1.54) is 11.1 Å². The second kappa shape index (κ2) is 8.34. The van der Waals surface area contributed by atoms with Gasteiger partial charge in [-0.25, -0.2) is 0 Å². The molecule has 0 aliphatic heterocycles. The third-order valence-electron chi connectivity index (χ3n) is 3.28. The second-order valence-electron chi connectivity index (χ2n) is 5.54. The highest BCUT2D eigenvalue weighted by Crippen LogP contribution is 2.21. The molecule has 0 aliphatic rings. The van der Waals surface area contributed by atoms with Gasteiger partial charge in [0.05, 0.1) is 12.1 Å². The summed E-state index contributed by atoms with van der Waals surface area (Å²) in [6.07, 6.45) is 1.33. The third kappa shape index (κ3) is 5.33. The molecule has 0 aromatic heterocycles. The summed E-state index contributed by atoms with van der Waals surface area (Å²) >= 11 is 0. The number of ether oxygens (including phenoxy) is 1. The van der Waals surface area contributed by atoms with E-state index in [2.05, 4.69) is 64.2 Å². The van der Waals surface area contributed by atoms with E-state index in [-0.39, 0.29) is 12.1 Å². The van der Waals surface area contributed by atoms with Crippen LogP contribution in [0.4, 0.5) is 0 Å². The maximum absolute atomic E-state index is 5.77. The second-order valence-corrected chi connectivity index (χ2v) is 5.54. The Balaban J connectivity index is 2.88. The first-order chi connectivity index (χ1) is 9.08. The molecular weight excluding hydrogens is 234 g/mol. The lowest BCUT2D eigenvalue weighted by Crippen LogP contribution is -2.32. The molecule has 1 rings (SSSR count). The molecule has 19 heavy (non-hydrogen) atoms. The normalized spacial score (nSPS) is 14.6. The lowest BCUT2D eigenvalue weighted by atomic mass is 9.96. The number of hydrogen-bond donors (Lipinski definition) is 1. The van der Waals surface area contributed by atoms with Gasteiger partial charge in [-0.3, -0.25) is 0 Å². The van der Waals surface area contributed by atoms with Gasteiger partial charge in [0.2, 0.25) is 0 Å². The van der Waals surface area contributed by atoms with Crippen LogP contribution in [0, 0.1) is 5.92 Å². The maximum atomic E-state index is 5.77. The van der Waals surface area contributed by atoms with Gasteiger partial charge in [-0.05, 0) is 43.9 Å². The molecule has 0 bridgehead atoms. The Hall–Kier alpha value is -0.860. The molecule has 2 heteroatoms. The summed E-state index contributed by atoms with van der Waals surface area (Å²) in [6.45, 7) is 12.6. The van der Waals surface area contributed by atoms with Crippen molar-refractivity contribution < 1.29 is 4.74 Å². The van der Waals surface area contributed by atoms with Gasteiger partial charge in [-0.1, -0.05) is 45.0 Å². The van der Waals surface area contributed by atoms with E-state index < -0.39 is 0 Å². The van der Waals surface area contributed by atoms with Gasteiger partial charge in [0.1, 0.15) is 0 Å². The van der Waals surface area contributed by atoms with Crippen molar-refractivity contribution in [1.82, 2.24) is 5.32 Å². The standard InChI is InChI=1S/C17H29NO/c1-6-18-17(14(5)19-7-2)16-10-8-9-15(12-16)11-13(3)4/h8-10,12-14,17-18H,6-7,11H2,1-5H3. The molecule has 0 aliphatic carbocycles. The summed E-state index contributed by atoms with van der Waals surface area (Å²) in [6, 6.07) is 9.18. The molecule has 0 fully saturated rings. The average Bonchev–Trinajstić information content (AvgIpc) is 2.35. The summed E-state index contributed by atoms with van der Waals surface area (Å²) < 4.78 is 5.77. The molecule has 0 spiro atoms. The minimum atomic E-state index is 0.194. The summed E-state index contributed by atoms with van der Waals surface area (Å²) in [5.41, 5.74) is 2.75. The predicted molar refractivity (Wildman–Crippen MR) is 82.5 cm³/mol. The Bertz CT molecular complexity index is 362. The summed E-state index contributed by atoms with van der Waals surface area (Å²) in [7, 11) is 0. The number of rotatable bonds is 8.